The molecule has 0 aliphatic heterocycles. The first-order valence-electron chi connectivity index (χ1n) is 21.4. The molecule has 0 bridgehead atoms. The van der Waals surface area contributed by atoms with E-state index < -0.39 is 0 Å². The number of hydrogen-bond donors (Lipinski definition) is 0. The molecule has 6 nitrogen and oxygen atoms in total. The molecule has 0 N–H and O–H groups in total. The maximum absolute atomic E-state index is 10.6. The number of rotatable bonds is 9. The Hall–Kier alpha value is -9.54. The molecule has 306 valence electrons. The lowest BCUT2D eigenvalue weighted by Gasteiger charge is -2.19. The smallest absolute Gasteiger partial charge is 0.195 e. The summed E-state index contributed by atoms with van der Waals surface area (Å²) in [5, 5.41) is 21.2. The number of aromatic nitrogens is 3. The van der Waals surface area contributed by atoms with Crippen molar-refractivity contribution >= 4 is 5.69 Å². The van der Waals surface area contributed by atoms with Gasteiger partial charge in [0.05, 0.1) is 46.9 Å². The number of nitrogens with zero attached hydrogens (tertiary/aromatic N) is 6. The van der Waals surface area contributed by atoms with Gasteiger partial charge in [-0.1, -0.05) is 127 Å². The van der Waals surface area contributed by atoms with Crippen LogP contribution in [0.4, 0.5) is 5.69 Å². The zero-order valence-corrected chi connectivity index (χ0v) is 35.5. The fourth-order valence-corrected chi connectivity index (χ4v) is 8.68. The summed E-state index contributed by atoms with van der Waals surface area (Å²) in [4.78, 5) is 17.6. The third-order valence-electron chi connectivity index (χ3n) is 11.8. The van der Waals surface area contributed by atoms with E-state index >= 15 is 0 Å². The Balaban J connectivity index is 1.18. The zero-order chi connectivity index (χ0) is 44.8. The monoisotopic (exact) mass is 840 g/mol. The van der Waals surface area contributed by atoms with Crippen LogP contribution in [0.1, 0.15) is 11.1 Å². The van der Waals surface area contributed by atoms with Crippen molar-refractivity contribution in [1.82, 2.24) is 15.0 Å². The van der Waals surface area contributed by atoms with Crippen LogP contribution in [-0.2, 0) is 0 Å². The minimum absolute atomic E-state index is 0.522. The number of nitriles is 2. The van der Waals surface area contributed by atoms with E-state index in [1.807, 2.05) is 146 Å². The lowest BCUT2D eigenvalue weighted by molar-refractivity contribution is 1.32. The molecular formula is C60H36N6. The molecule has 0 aliphatic carbocycles. The van der Waals surface area contributed by atoms with Crippen LogP contribution in [-0.4, -0.2) is 15.0 Å². The number of hydrogen-bond acceptors (Lipinski definition) is 5. The van der Waals surface area contributed by atoms with Crippen LogP contribution >= 0.6 is 0 Å². The normalized spacial score (nSPS) is 10.7. The lowest BCUT2D eigenvalue weighted by atomic mass is 9.85. The van der Waals surface area contributed by atoms with Crippen LogP contribution < -0.4 is 0 Å². The molecule has 0 saturated carbocycles. The highest BCUT2D eigenvalue weighted by Gasteiger charge is 2.20. The predicted molar refractivity (Wildman–Crippen MR) is 264 cm³/mol. The van der Waals surface area contributed by atoms with Crippen LogP contribution in [0.2, 0.25) is 0 Å². The van der Waals surface area contributed by atoms with Crippen LogP contribution in [0.25, 0.3) is 105 Å². The summed E-state index contributed by atoms with van der Waals surface area (Å²) in [6.07, 6.45) is 5.26. The third-order valence-corrected chi connectivity index (χ3v) is 11.8. The van der Waals surface area contributed by atoms with Gasteiger partial charge in [0.15, 0.2) is 5.69 Å². The van der Waals surface area contributed by atoms with Gasteiger partial charge in [-0.25, -0.2) is 4.85 Å². The fraction of sp³-hybridized carbons (Fsp3) is 0. The predicted octanol–water partition coefficient (Wildman–Crippen LogP) is 15.2. The highest BCUT2D eigenvalue weighted by Crippen LogP contribution is 2.45. The molecule has 3 aromatic heterocycles. The van der Waals surface area contributed by atoms with Gasteiger partial charge in [0, 0.05) is 40.8 Å². The van der Waals surface area contributed by atoms with E-state index in [1.165, 1.54) is 0 Å². The van der Waals surface area contributed by atoms with Crippen LogP contribution in [0.3, 0.4) is 0 Å². The quantitative estimate of drug-likeness (QED) is 0.135. The molecule has 0 fully saturated rings. The molecule has 0 radical (unpaired) electrons. The number of pyridine rings is 3. The van der Waals surface area contributed by atoms with Crippen molar-refractivity contribution in [1.29, 1.82) is 10.5 Å². The van der Waals surface area contributed by atoms with E-state index in [0.29, 0.717) is 16.8 Å². The summed E-state index contributed by atoms with van der Waals surface area (Å²) in [7, 11) is 0. The molecule has 10 rings (SSSR count). The molecule has 0 spiro atoms. The van der Waals surface area contributed by atoms with Crippen molar-refractivity contribution in [3.63, 3.8) is 0 Å². The van der Waals surface area contributed by atoms with Crippen molar-refractivity contribution in [2.45, 2.75) is 0 Å². The Bertz CT molecular complexity index is 3170. The minimum Gasteiger partial charge on any atom is -0.256 e. The Morgan fingerprint density at radius 1 is 0.318 bits per heavy atom. The number of benzene rings is 7. The second-order valence-corrected chi connectivity index (χ2v) is 15.7. The molecule has 0 unspecified atom stereocenters. The summed E-state index contributed by atoms with van der Waals surface area (Å²) in [6, 6.07) is 71.2. The van der Waals surface area contributed by atoms with Gasteiger partial charge in [-0.2, -0.15) is 10.5 Å². The standard InChI is InChI=1S/C60H36N6/c1-63-60-37-42(59-22-10-13-31-66-59)25-28-56(60)55-19-7-4-16-50(55)45-35-43(48-14-2-5-17-53(48)51-26-23-40(32-46(51)38-61)57-20-8-11-29-64-57)34-44(36-45)49-15-3-6-18-54(49)52-27-24-41(33-47(52)39-62)58-21-9-12-30-65-58/h2-37H. The molecule has 3 heterocycles. The van der Waals surface area contributed by atoms with Crippen molar-refractivity contribution < 1.29 is 0 Å². The van der Waals surface area contributed by atoms with Crippen molar-refractivity contribution in [3.8, 4) is 113 Å². The molecule has 66 heavy (non-hydrogen) atoms. The molecule has 7 aromatic carbocycles. The van der Waals surface area contributed by atoms with E-state index in [9.17, 15) is 10.5 Å². The lowest BCUT2D eigenvalue weighted by Crippen LogP contribution is -1.94. The Labute approximate surface area is 383 Å². The van der Waals surface area contributed by atoms with Gasteiger partial charge in [-0.05, 0) is 134 Å². The van der Waals surface area contributed by atoms with E-state index in [2.05, 4.69) is 86.5 Å². The van der Waals surface area contributed by atoms with Crippen LogP contribution in [0, 0.1) is 29.2 Å². The van der Waals surface area contributed by atoms with Gasteiger partial charge in [0.25, 0.3) is 0 Å². The van der Waals surface area contributed by atoms with Gasteiger partial charge < -0.3 is 0 Å². The zero-order valence-electron chi connectivity index (χ0n) is 35.5. The molecule has 6 heteroatoms. The first-order chi connectivity index (χ1) is 32.6. The van der Waals surface area contributed by atoms with Gasteiger partial charge in [-0.15, -0.1) is 0 Å². The summed E-state index contributed by atoms with van der Waals surface area (Å²) in [5.41, 5.74) is 17.4. The van der Waals surface area contributed by atoms with E-state index in [4.69, 9.17) is 6.57 Å². The molecule has 10 aromatic rings. The van der Waals surface area contributed by atoms with Crippen LogP contribution in [0.5, 0.6) is 0 Å². The summed E-state index contributed by atoms with van der Waals surface area (Å²) < 4.78 is 0. The van der Waals surface area contributed by atoms with Gasteiger partial charge in [-0.3, -0.25) is 15.0 Å². The summed E-state index contributed by atoms with van der Waals surface area (Å²) >= 11 is 0. The molecule has 0 amide bonds. The second kappa shape index (κ2) is 18.1. The average Bonchev–Trinajstić information content (AvgIpc) is 3.41. The first kappa shape index (κ1) is 40.5. The summed E-state index contributed by atoms with van der Waals surface area (Å²) in [5.74, 6) is 0. The van der Waals surface area contributed by atoms with E-state index in [-0.39, 0.29) is 0 Å². The maximum Gasteiger partial charge on any atom is 0.195 e. The van der Waals surface area contributed by atoms with Crippen molar-refractivity contribution in [2.24, 2.45) is 0 Å². The Morgan fingerprint density at radius 2 is 0.652 bits per heavy atom. The molecule has 0 aliphatic rings. The topological polar surface area (TPSA) is 90.6 Å². The first-order valence-corrected chi connectivity index (χ1v) is 21.4. The van der Waals surface area contributed by atoms with E-state index in [0.717, 1.165) is 101 Å². The van der Waals surface area contributed by atoms with Crippen LogP contribution in [0.15, 0.2) is 219 Å². The average molecular weight is 841 g/mol. The van der Waals surface area contributed by atoms with E-state index in [1.54, 1.807) is 18.6 Å². The van der Waals surface area contributed by atoms with Crippen molar-refractivity contribution in [2.75, 3.05) is 0 Å². The largest absolute Gasteiger partial charge is 0.256 e. The molecule has 0 atom stereocenters. The Kier molecular flexibility index (Phi) is 11.1. The van der Waals surface area contributed by atoms with Gasteiger partial charge in [0.2, 0.25) is 0 Å². The maximum atomic E-state index is 10.6. The van der Waals surface area contributed by atoms with Gasteiger partial charge >= 0.3 is 0 Å². The summed E-state index contributed by atoms with van der Waals surface area (Å²) in [6.45, 7) is 8.31. The highest BCUT2D eigenvalue weighted by atomic mass is 14.7. The fourth-order valence-electron chi connectivity index (χ4n) is 8.68. The molecular weight excluding hydrogens is 805 g/mol. The SMILES string of the molecule is [C-]#[N+]c1cc(-c2ccccn2)ccc1-c1ccccc1-c1cc(-c2ccccc2-c2ccc(-c3ccccn3)cc2C#N)cc(-c2ccccc2-c2ccc(-c3ccccn3)cc2C#N)c1. The third kappa shape index (κ3) is 7.89. The van der Waals surface area contributed by atoms with Crippen molar-refractivity contribution in [3.05, 3.63) is 241 Å². The minimum atomic E-state index is 0.522. The molecule has 0 saturated heterocycles. The Morgan fingerprint density at radius 3 is 1.00 bits per heavy atom. The van der Waals surface area contributed by atoms with Gasteiger partial charge in [0.1, 0.15) is 0 Å². The second-order valence-electron chi connectivity index (χ2n) is 15.7. The highest BCUT2D eigenvalue weighted by molar-refractivity contribution is 5.97.